The first-order valence-electron chi connectivity index (χ1n) is 7.33. The Bertz CT molecular complexity index is 612. The van der Waals surface area contributed by atoms with Crippen LogP contribution in [0.3, 0.4) is 0 Å². The van der Waals surface area contributed by atoms with Gasteiger partial charge in [0.2, 0.25) is 0 Å². The molecule has 4 nitrogen and oxygen atoms in total. The summed E-state index contributed by atoms with van der Waals surface area (Å²) in [5, 5.41) is 6.40. The van der Waals surface area contributed by atoms with Gasteiger partial charge in [0.05, 0.1) is 17.8 Å². The minimum Gasteiger partial charge on any atom is -0.352 e. The molecule has 2 aromatic heterocycles. The fourth-order valence-corrected chi connectivity index (χ4v) is 3.93. The van der Waals surface area contributed by atoms with Gasteiger partial charge in [-0.05, 0) is 49.9 Å². The van der Waals surface area contributed by atoms with Gasteiger partial charge in [0.25, 0.3) is 0 Å². The summed E-state index contributed by atoms with van der Waals surface area (Å²) in [4.78, 5) is 10.3. The molecule has 1 fully saturated rings. The molecule has 0 aromatic carbocycles. The average Bonchev–Trinajstić information content (AvgIpc) is 3.13. The number of hydrogen-bond donors (Lipinski definition) is 1. The predicted molar refractivity (Wildman–Crippen MR) is 95.0 cm³/mol. The van der Waals surface area contributed by atoms with Crippen LogP contribution in [0.1, 0.15) is 22.7 Å². The Hall–Kier alpha value is -1.50. The van der Waals surface area contributed by atoms with Gasteiger partial charge in [-0.1, -0.05) is 12.1 Å². The summed E-state index contributed by atoms with van der Waals surface area (Å²) in [5.41, 5.74) is 1.04. The van der Waals surface area contributed by atoms with Crippen LogP contribution in [-0.4, -0.2) is 47.1 Å². The van der Waals surface area contributed by atoms with Gasteiger partial charge in [0.15, 0.2) is 5.11 Å². The molecule has 6 heteroatoms. The Morgan fingerprint density at radius 1 is 1.32 bits per heavy atom. The lowest BCUT2D eigenvalue weighted by Gasteiger charge is -2.27. The fraction of sp³-hybridized carbons (Fsp3) is 0.375. The largest absolute Gasteiger partial charge is 0.352 e. The zero-order chi connectivity index (χ0) is 15.5. The Morgan fingerprint density at radius 2 is 2.18 bits per heavy atom. The Labute approximate surface area is 140 Å². The van der Waals surface area contributed by atoms with E-state index < -0.39 is 0 Å². The molecule has 1 saturated heterocycles. The van der Waals surface area contributed by atoms with Gasteiger partial charge < -0.3 is 15.1 Å². The van der Waals surface area contributed by atoms with E-state index in [1.54, 1.807) is 11.3 Å². The van der Waals surface area contributed by atoms with Gasteiger partial charge in [-0.2, -0.15) is 0 Å². The van der Waals surface area contributed by atoms with Crippen molar-refractivity contribution in [2.24, 2.45) is 0 Å². The van der Waals surface area contributed by atoms with Crippen molar-refractivity contribution in [2.75, 3.05) is 27.2 Å². The number of nitrogens with one attached hydrogen (secondary N) is 1. The molecular formula is C16H20N4S2. The number of thiophene rings is 1. The molecule has 116 valence electrons. The molecule has 22 heavy (non-hydrogen) atoms. The van der Waals surface area contributed by atoms with E-state index in [0.717, 1.165) is 23.9 Å². The summed E-state index contributed by atoms with van der Waals surface area (Å²) in [5.74, 6) is 0. The van der Waals surface area contributed by atoms with Crippen LogP contribution in [-0.2, 0) is 0 Å². The average molecular weight is 332 g/mol. The predicted octanol–water partition coefficient (Wildman–Crippen LogP) is 2.68. The molecule has 0 spiro atoms. The molecule has 0 unspecified atom stereocenters. The van der Waals surface area contributed by atoms with E-state index in [4.69, 9.17) is 12.2 Å². The van der Waals surface area contributed by atoms with Crippen molar-refractivity contribution >= 4 is 28.7 Å². The van der Waals surface area contributed by atoms with Crippen LogP contribution in [0, 0.1) is 0 Å². The summed E-state index contributed by atoms with van der Waals surface area (Å²) in [6.45, 7) is 1.88. The second-order valence-corrected chi connectivity index (χ2v) is 7.00. The quantitative estimate of drug-likeness (QED) is 0.851. The van der Waals surface area contributed by atoms with Crippen molar-refractivity contribution in [2.45, 2.75) is 12.1 Å². The van der Waals surface area contributed by atoms with Crippen molar-refractivity contribution in [1.82, 2.24) is 20.1 Å². The van der Waals surface area contributed by atoms with Crippen molar-refractivity contribution in [3.8, 4) is 0 Å². The van der Waals surface area contributed by atoms with Crippen molar-refractivity contribution < 1.29 is 0 Å². The van der Waals surface area contributed by atoms with Gasteiger partial charge in [-0.25, -0.2) is 0 Å². The SMILES string of the molecule is CN(C)CCN1C(=S)N[C@@H](c2ccccn2)[C@@H]1c1cccs1. The molecule has 1 aliphatic heterocycles. The highest BCUT2D eigenvalue weighted by Crippen LogP contribution is 2.39. The minimum absolute atomic E-state index is 0.106. The third-order valence-electron chi connectivity index (χ3n) is 3.82. The third-order valence-corrected chi connectivity index (χ3v) is 5.12. The number of thiocarbonyl (C=S) groups is 1. The Morgan fingerprint density at radius 3 is 2.82 bits per heavy atom. The topological polar surface area (TPSA) is 31.4 Å². The molecule has 0 radical (unpaired) electrons. The van der Waals surface area contributed by atoms with Gasteiger partial charge in [-0.15, -0.1) is 11.3 Å². The second kappa shape index (κ2) is 6.73. The first-order valence-corrected chi connectivity index (χ1v) is 8.62. The second-order valence-electron chi connectivity index (χ2n) is 5.64. The van der Waals surface area contributed by atoms with E-state index in [-0.39, 0.29) is 12.1 Å². The summed E-state index contributed by atoms with van der Waals surface area (Å²) in [7, 11) is 4.17. The molecule has 0 amide bonds. The van der Waals surface area contributed by atoms with Gasteiger partial charge in [-0.3, -0.25) is 4.98 Å². The van der Waals surface area contributed by atoms with Crippen LogP contribution in [0.4, 0.5) is 0 Å². The van der Waals surface area contributed by atoms with E-state index in [2.05, 4.69) is 57.8 Å². The first kappa shape index (κ1) is 15.4. The highest BCUT2D eigenvalue weighted by Gasteiger charge is 2.39. The highest BCUT2D eigenvalue weighted by molar-refractivity contribution is 7.80. The molecule has 2 aromatic rings. The lowest BCUT2D eigenvalue weighted by molar-refractivity contribution is 0.280. The standard InChI is InChI=1S/C16H20N4S2/c1-19(2)9-10-20-15(13-7-5-11-22-13)14(18-16(20)21)12-6-3-4-8-17-12/h3-8,11,14-15H,9-10H2,1-2H3,(H,18,21)/t14-,15-/m0/s1. The van der Waals surface area contributed by atoms with Crippen LogP contribution in [0.5, 0.6) is 0 Å². The lowest BCUT2D eigenvalue weighted by atomic mass is 10.0. The van der Waals surface area contributed by atoms with Crippen molar-refractivity contribution in [1.29, 1.82) is 0 Å². The smallest absolute Gasteiger partial charge is 0.170 e. The summed E-state index contributed by atoms with van der Waals surface area (Å²) in [6, 6.07) is 10.6. The summed E-state index contributed by atoms with van der Waals surface area (Å²) >= 11 is 7.37. The molecule has 0 bridgehead atoms. The van der Waals surface area contributed by atoms with Crippen LogP contribution in [0.15, 0.2) is 41.9 Å². The molecular weight excluding hydrogens is 312 g/mol. The summed E-state index contributed by atoms with van der Waals surface area (Å²) < 4.78 is 0. The van der Waals surface area contributed by atoms with Crippen LogP contribution in [0.25, 0.3) is 0 Å². The molecule has 2 atom stereocenters. The highest BCUT2D eigenvalue weighted by atomic mass is 32.1. The molecule has 1 N–H and O–H groups in total. The Kier molecular flexibility index (Phi) is 4.71. The summed E-state index contributed by atoms with van der Waals surface area (Å²) in [6.07, 6.45) is 1.84. The molecule has 3 heterocycles. The van der Waals surface area contributed by atoms with E-state index in [1.807, 2.05) is 18.3 Å². The van der Waals surface area contributed by atoms with Crippen molar-refractivity contribution in [3.63, 3.8) is 0 Å². The maximum absolute atomic E-state index is 5.59. The number of hydrogen-bond acceptors (Lipinski definition) is 4. The number of rotatable bonds is 5. The molecule has 0 aliphatic carbocycles. The van der Waals surface area contributed by atoms with E-state index >= 15 is 0 Å². The fourth-order valence-electron chi connectivity index (χ4n) is 2.72. The molecule has 1 aliphatic rings. The van der Waals surface area contributed by atoms with Gasteiger partial charge in [0.1, 0.15) is 0 Å². The van der Waals surface area contributed by atoms with Crippen molar-refractivity contribution in [3.05, 3.63) is 52.5 Å². The zero-order valence-corrected chi connectivity index (χ0v) is 14.4. The van der Waals surface area contributed by atoms with Crippen LogP contribution in [0.2, 0.25) is 0 Å². The third kappa shape index (κ3) is 3.14. The number of aromatic nitrogens is 1. The van der Waals surface area contributed by atoms with Crippen LogP contribution < -0.4 is 5.32 Å². The maximum atomic E-state index is 5.59. The van der Waals surface area contributed by atoms with E-state index in [9.17, 15) is 0 Å². The van der Waals surface area contributed by atoms with E-state index in [1.165, 1.54) is 4.88 Å². The minimum atomic E-state index is 0.106. The molecule has 0 saturated carbocycles. The number of likely N-dealkylation sites (N-methyl/N-ethyl adjacent to an activating group) is 1. The first-order chi connectivity index (χ1) is 10.7. The monoisotopic (exact) mass is 332 g/mol. The van der Waals surface area contributed by atoms with E-state index in [0.29, 0.717) is 0 Å². The zero-order valence-electron chi connectivity index (χ0n) is 12.8. The molecule has 3 rings (SSSR count). The van der Waals surface area contributed by atoms with Gasteiger partial charge >= 0.3 is 0 Å². The Balaban J connectivity index is 1.92. The lowest BCUT2D eigenvalue weighted by Crippen LogP contribution is -2.35. The number of pyridine rings is 1. The maximum Gasteiger partial charge on any atom is 0.170 e. The van der Waals surface area contributed by atoms with Gasteiger partial charge in [0, 0.05) is 24.2 Å². The normalized spacial score (nSPS) is 21.4. The number of nitrogens with zero attached hydrogens (tertiary/aromatic N) is 3. The van der Waals surface area contributed by atoms with Crippen LogP contribution >= 0.6 is 23.6 Å².